The molecule has 96 valence electrons. The molecule has 1 aliphatic heterocycles. The smallest absolute Gasteiger partial charge is 0.335 e. The van der Waals surface area contributed by atoms with Crippen LogP contribution >= 0.6 is 0 Å². The van der Waals surface area contributed by atoms with E-state index in [1.54, 1.807) is 24.3 Å². The van der Waals surface area contributed by atoms with E-state index >= 15 is 0 Å². The summed E-state index contributed by atoms with van der Waals surface area (Å²) in [6.45, 7) is 0.242. The van der Waals surface area contributed by atoms with Gasteiger partial charge in [0.1, 0.15) is 0 Å². The second-order valence-electron chi connectivity index (χ2n) is 4.08. The first kappa shape index (κ1) is 11.4. The van der Waals surface area contributed by atoms with Crippen LogP contribution in [-0.4, -0.2) is 17.9 Å². The van der Waals surface area contributed by atoms with Crippen LogP contribution in [0, 0.1) is 0 Å². The van der Waals surface area contributed by atoms with E-state index in [1.807, 2.05) is 18.2 Å². The summed E-state index contributed by atoms with van der Waals surface area (Å²) in [7, 11) is 0. The highest BCUT2D eigenvalue weighted by atomic mass is 16.7. The highest BCUT2D eigenvalue weighted by Gasteiger charge is 2.13. The van der Waals surface area contributed by atoms with Crippen molar-refractivity contribution >= 4 is 17.3 Å². The standard InChI is InChI=1S/C14H11NO4/c16-14(17)9-1-3-10(4-2-9)15-11-5-6-12-13(7-11)19-8-18-12/h1-7,15H,8H2,(H,16,17). The molecule has 0 bridgehead atoms. The van der Waals surface area contributed by atoms with E-state index < -0.39 is 5.97 Å². The van der Waals surface area contributed by atoms with Gasteiger partial charge in [0.25, 0.3) is 0 Å². The van der Waals surface area contributed by atoms with E-state index in [4.69, 9.17) is 14.6 Å². The maximum absolute atomic E-state index is 10.7. The summed E-state index contributed by atoms with van der Waals surface area (Å²) in [6, 6.07) is 12.1. The number of rotatable bonds is 3. The zero-order valence-corrected chi connectivity index (χ0v) is 9.92. The molecule has 3 rings (SSSR count). The van der Waals surface area contributed by atoms with Crippen LogP contribution < -0.4 is 14.8 Å². The number of ether oxygens (including phenoxy) is 2. The first-order chi connectivity index (χ1) is 9.22. The van der Waals surface area contributed by atoms with Gasteiger partial charge in [0.2, 0.25) is 6.79 Å². The lowest BCUT2D eigenvalue weighted by Gasteiger charge is -2.07. The summed E-state index contributed by atoms with van der Waals surface area (Å²) >= 11 is 0. The Hall–Kier alpha value is -2.69. The van der Waals surface area contributed by atoms with Gasteiger partial charge in [-0.1, -0.05) is 0 Å². The SMILES string of the molecule is O=C(O)c1ccc(Nc2ccc3c(c2)OCO3)cc1. The Balaban J connectivity index is 1.79. The first-order valence-electron chi connectivity index (χ1n) is 5.72. The summed E-state index contributed by atoms with van der Waals surface area (Å²) in [4.78, 5) is 10.7. The monoisotopic (exact) mass is 257 g/mol. The summed E-state index contributed by atoms with van der Waals surface area (Å²) in [5.41, 5.74) is 1.92. The number of anilines is 2. The first-order valence-corrected chi connectivity index (χ1v) is 5.72. The lowest BCUT2D eigenvalue weighted by Crippen LogP contribution is -1.96. The third-order valence-electron chi connectivity index (χ3n) is 2.79. The third-order valence-corrected chi connectivity index (χ3v) is 2.79. The van der Waals surface area contributed by atoms with Gasteiger partial charge in [-0.05, 0) is 36.4 Å². The van der Waals surface area contributed by atoms with Crippen molar-refractivity contribution in [3.8, 4) is 11.5 Å². The molecule has 1 aliphatic rings. The van der Waals surface area contributed by atoms with Gasteiger partial charge in [-0.25, -0.2) is 4.79 Å². The number of hydrogen-bond acceptors (Lipinski definition) is 4. The van der Waals surface area contributed by atoms with Crippen molar-refractivity contribution in [2.45, 2.75) is 0 Å². The summed E-state index contributed by atoms with van der Waals surface area (Å²) in [5.74, 6) is 0.494. The lowest BCUT2D eigenvalue weighted by molar-refractivity contribution is 0.0697. The molecular weight excluding hydrogens is 246 g/mol. The largest absolute Gasteiger partial charge is 0.478 e. The van der Waals surface area contributed by atoms with Crippen LogP contribution in [0.3, 0.4) is 0 Å². The van der Waals surface area contributed by atoms with E-state index in [9.17, 15) is 4.79 Å². The molecule has 0 amide bonds. The highest BCUT2D eigenvalue weighted by Crippen LogP contribution is 2.35. The number of nitrogens with one attached hydrogen (secondary N) is 1. The summed E-state index contributed by atoms with van der Waals surface area (Å²) < 4.78 is 10.5. The van der Waals surface area contributed by atoms with E-state index in [0.717, 1.165) is 17.1 Å². The number of aromatic carboxylic acids is 1. The molecule has 0 fully saturated rings. The zero-order valence-electron chi connectivity index (χ0n) is 9.92. The van der Waals surface area contributed by atoms with Gasteiger partial charge in [-0.3, -0.25) is 0 Å². The number of benzene rings is 2. The molecule has 0 aliphatic carbocycles. The Morgan fingerprint density at radius 3 is 2.42 bits per heavy atom. The van der Waals surface area contributed by atoms with Crippen molar-refractivity contribution in [2.24, 2.45) is 0 Å². The summed E-state index contributed by atoms with van der Waals surface area (Å²) in [5, 5.41) is 12.0. The van der Waals surface area contributed by atoms with Crippen LogP contribution in [0.5, 0.6) is 11.5 Å². The molecule has 5 nitrogen and oxygen atoms in total. The fourth-order valence-corrected chi connectivity index (χ4v) is 1.84. The van der Waals surface area contributed by atoms with Gasteiger partial charge in [-0.2, -0.15) is 0 Å². The highest BCUT2D eigenvalue weighted by molar-refractivity contribution is 5.88. The minimum atomic E-state index is -0.936. The molecule has 0 saturated carbocycles. The molecule has 2 aromatic rings. The Morgan fingerprint density at radius 1 is 1.00 bits per heavy atom. The predicted octanol–water partition coefficient (Wildman–Crippen LogP) is 2.86. The van der Waals surface area contributed by atoms with Crippen LogP contribution in [0.25, 0.3) is 0 Å². The molecular formula is C14H11NO4. The van der Waals surface area contributed by atoms with Crippen molar-refractivity contribution in [1.29, 1.82) is 0 Å². The number of carbonyl (C=O) groups is 1. The number of hydrogen-bond donors (Lipinski definition) is 2. The maximum atomic E-state index is 10.7. The van der Waals surface area contributed by atoms with Crippen LogP contribution in [0.2, 0.25) is 0 Å². The number of fused-ring (bicyclic) bond motifs is 1. The molecule has 19 heavy (non-hydrogen) atoms. The summed E-state index contributed by atoms with van der Waals surface area (Å²) in [6.07, 6.45) is 0. The van der Waals surface area contributed by atoms with Gasteiger partial charge in [0.05, 0.1) is 5.56 Å². The molecule has 0 radical (unpaired) electrons. The van der Waals surface area contributed by atoms with Gasteiger partial charge in [-0.15, -0.1) is 0 Å². The molecule has 0 unspecified atom stereocenters. The minimum absolute atomic E-state index is 0.242. The van der Waals surface area contributed by atoms with Gasteiger partial charge in [0, 0.05) is 17.4 Å². The topological polar surface area (TPSA) is 67.8 Å². The molecule has 2 N–H and O–H groups in total. The van der Waals surface area contributed by atoms with Crippen LogP contribution in [-0.2, 0) is 0 Å². The maximum Gasteiger partial charge on any atom is 0.335 e. The Bertz CT molecular complexity index is 622. The average molecular weight is 257 g/mol. The van der Waals surface area contributed by atoms with Crippen LogP contribution in [0.4, 0.5) is 11.4 Å². The fraction of sp³-hybridized carbons (Fsp3) is 0.0714. The van der Waals surface area contributed by atoms with Crippen molar-refractivity contribution in [2.75, 3.05) is 12.1 Å². The van der Waals surface area contributed by atoms with E-state index in [-0.39, 0.29) is 12.4 Å². The van der Waals surface area contributed by atoms with Crippen molar-refractivity contribution in [3.63, 3.8) is 0 Å². The second kappa shape index (κ2) is 4.53. The molecule has 0 spiro atoms. The van der Waals surface area contributed by atoms with Crippen molar-refractivity contribution < 1.29 is 19.4 Å². The van der Waals surface area contributed by atoms with Gasteiger partial charge in [0.15, 0.2) is 11.5 Å². The molecule has 2 aromatic carbocycles. The second-order valence-corrected chi connectivity index (χ2v) is 4.08. The van der Waals surface area contributed by atoms with E-state index in [1.165, 1.54) is 0 Å². The number of carboxylic acid groups (broad SMARTS) is 1. The quantitative estimate of drug-likeness (QED) is 0.884. The average Bonchev–Trinajstić information content (AvgIpc) is 2.87. The molecule has 0 atom stereocenters. The van der Waals surface area contributed by atoms with E-state index in [2.05, 4.69) is 5.32 Å². The zero-order chi connectivity index (χ0) is 13.2. The lowest BCUT2D eigenvalue weighted by atomic mass is 10.2. The van der Waals surface area contributed by atoms with Crippen LogP contribution in [0.1, 0.15) is 10.4 Å². The van der Waals surface area contributed by atoms with Crippen LogP contribution in [0.15, 0.2) is 42.5 Å². The Labute approximate surface area is 109 Å². The fourth-order valence-electron chi connectivity index (χ4n) is 1.84. The normalized spacial score (nSPS) is 12.2. The van der Waals surface area contributed by atoms with Crippen molar-refractivity contribution in [1.82, 2.24) is 0 Å². The van der Waals surface area contributed by atoms with Crippen molar-refractivity contribution in [3.05, 3.63) is 48.0 Å². The molecule has 1 heterocycles. The number of carboxylic acids is 1. The minimum Gasteiger partial charge on any atom is -0.478 e. The molecule has 0 aromatic heterocycles. The van der Waals surface area contributed by atoms with Gasteiger partial charge >= 0.3 is 5.97 Å². The van der Waals surface area contributed by atoms with Gasteiger partial charge < -0.3 is 19.9 Å². The third kappa shape index (κ3) is 2.30. The Morgan fingerprint density at radius 2 is 1.68 bits per heavy atom. The Kier molecular flexibility index (Phi) is 2.72. The molecule has 0 saturated heterocycles. The van der Waals surface area contributed by atoms with E-state index in [0.29, 0.717) is 5.75 Å². The predicted molar refractivity (Wildman–Crippen MR) is 69.2 cm³/mol. The molecule has 5 heteroatoms.